The Balaban J connectivity index is 0. The summed E-state index contributed by atoms with van der Waals surface area (Å²) in [5.41, 5.74) is 0.335. The number of hydrogen-bond acceptors (Lipinski definition) is 3. The number of aliphatic imine (C=N–C) groups is 1. The van der Waals surface area contributed by atoms with Crippen LogP contribution in [0, 0.1) is 5.41 Å². The van der Waals surface area contributed by atoms with Crippen LogP contribution in [-0.4, -0.2) is 45.8 Å². The third kappa shape index (κ3) is 15.4. The van der Waals surface area contributed by atoms with E-state index in [0.717, 1.165) is 25.3 Å². The van der Waals surface area contributed by atoms with Gasteiger partial charge in [0.05, 0.1) is 5.75 Å². The molecule has 0 aromatic rings. The molecule has 0 heterocycles. The van der Waals surface area contributed by atoms with Gasteiger partial charge in [-0.15, -0.1) is 24.0 Å². The minimum atomic E-state index is -3.10. The smallest absolute Gasteiger partial charge is 0.211 e. The first-order chi connectivity index (χ1) is 10.6. The molecule has 0 fully saturated rings. The van der Waals surface area contributed by atoms with Crippen molar-refractivity contribution >= 4 is 40.0 Å². The summed E-state index contributed by atoms with van der Waals surface area (Å²) in [5, 5.41) is 6.64. The normalized spacial score (nSPS) is 14.0. The average molecular weight is 476 g/mol. The Morgan fingerprint density at radius 3 is 2.33 bits per heavy atom. The lowest BCUT2D eigenvalue weighted by Crippen LogP contribution is -2.42. The Morgan fingerprint density at radius 2 is 1.83 bits per heavy atom. The molecule has 0 aromatic heterocycles. The lowest BCUT2D eigenvalue weighted by molar-refractivity contribution is 0.346. The standard InChI is InChI=1S/C16H36N4O2S.HI/c1-7-17-15(20-14(3)10-11-16(4,5)6)18-12-9-13-19-23(21,22)8-2;/h14,19H,7-13H2,1-6H3,(H2,17,18,20);1H. The van der Waals surface area contributed by atoms with E-state index in [1.807, 2.05) is 6.92 Å². The Hall–Kier alpha value is -0.0900. The topological polar surface area (TPSA) is 82.6 Å². The number of hydrogen-bond donors (Lipinski definition) is 3. The van der Waals surface area contributed by atoms with Gasteiger partial charge in [-0.1, -0.05) is 20.8 Å². The summed E-state index contributed by atoms with van der Waals surface area (Å²) in [6, 6.07) is 0.352. The van der Waals surface area contributed by atoms with Gasteiger partial charge in [0.1, 0.15) is 0 Å². The van der Waals surface area contributed by atoms with Crippen LogP contribution in [0.3, 0.4) is 0 Å². The zero-order valence-electron chi connectivity index (χ0n) is 16.1. The van der Waals surface area contributed by atoms with Crippen molar-refractivity contribution in [2.45, 2.75) is 66.8 Å². The van der Waals surface area contributed by atoms with Gasteiger partial charge in [-0.25, -0.2) is 13.1 Å². The quantitative estimate of drug-likeness (QED) is 0.196. The average Bonchev–Trinajstić information content (AvgIpc) is 2.44. The van der Waals surface area contributed by atoms with Crippen LogP contribution in [0.5, 0.6) is 0 Å². The molecule has 0 amide bonds. The van der Waals surface area contributed by atoms with Gasteiger partial charge in [0.2, 0.25) is 10.0 Å². The molecule has 3 N–H and O–H groups in total. The predicted octanol–water partition coefficient (Wildman–Crippen LogP) is 2.70. The van der Waals surface area contributed by atoms with E-state index in [4.69, 9.17) is 0 Å². The van der Waals surface area contributed by atoms with E-state index in [2.05, 4.69) is 48.0 Å². The van der Waals surface area contributed by atoms with Gasteiger partial charge in [-0.2, -0.15) is 0 Å². The second-order valence-corrected chi connectivity index (χ2v) is 9.15. The molecule has 1 atom stereocenters. The third-order valence-corrected chi connectivity index (χ3v) is 4.77. The fourth-order valence-electron chi connectivity index (χ4n) is 1.87. The Morgan fingerprint density at radius 1 is 1.21 bits per heavy atom. The van der Waals surface area contributed by atoms with Crippen LogP contribution in [0.25, 0.3) is 0 Å². The van der Waals surface area contributed by atoms with Crippen LogP contribution in [0.4, 0.5) is 0 Å². The maximum atomic E-state index is 11.3. The van der Waals surface area contributed by atoms with E-state index in [9.17, 15) is 8.42 Å². The highest BCUT2D eigenvalue weighted by Gasteiger charge is 2.13. The lowest BCUT2D eigenvalue weighted by atomic mass is 9.89. The van der Waals surface area contributed by atoms with E-state index in [-0.39, 0.29) is 29.7 Å². The molecule has 8 heteroatoms. The minimum Gasteiger partial charge on any atom is -0.357 e. The highest BCUT2D eigenvalue weighted by atomic mass is 127. The first-order valence-corrected chi connectivity index (χ1v) is 10.3. The van der Waals surface area contributed by atoms with E-state index in [1.165, 1.54) is 0 Å². The van der Waals surface area contributed by atoms with Crippen molar-refractivity contribution in [2.24, 2.45) is 10.4 Å². The van der Waals surface area contributed by atoms with E-state index < -0.39 is 10.0 Å². The highest BCUT2D eigenvalue weighted by molar-refractivity contribution is 14.0. The molecule has 0 saturated carbocycles. The minimum absolute atomic E-state index is 0. The summed E-state index contributed by atoms with van der Waals surface area (Å²) in [5.74, 6) is 0.915. The van der Waals surface area contributed by atoms with E-state index in [1.54, 1.807) is 6.92 Å². The molecule has 0 spiro atoms. The first-order valence-electron chi connectivity index (χ1n) is 8.62. The molecule has 6 nitrogen and oxygen atoms in total. The molecular formula is C16H37IN4O2S. The van der Waals surface area contributed by atoms with Crippen molar-refractivity contribution in [1.82, 2.24) is 15.4 Å². The Kier molecular flexibility index (Phi) is 14.3. The van der Waals surface area contributed by atoms with Crippen molar-refractivity contribution in [3.05, 3.63) is 0 Å². The van der Waals surface area contributed by atoms with Crippen LogP contribution in [0.1, 0.15) is 60.8 Å². The molecule has 0 aliphatic rings. The maximum Gasteiger partial charge on any atom is 0.211 e. The molecule has 0 rings (SSSR count). The molecule has 0 bridgehead atoms. The number of guanidine groups is 1. The molecular weight excluding hydrogens is 439 g/mol. The van der Waals surface area contributed by atoms with Crippen LogP contribution < -0.4 is 15.4 Å². The van der Waals surface area contributed by atoms with E-state index >= 15 is 0 Å². The molecule has 0 saturated heterocycles. The number of nitrogens with zero attached hydrogens (tertiary/aromatic N) is 1. The highest BCUT2D eigenvalue weighted by Crippen LogP contribution is 2.21. The zero-order chi connectivity index (χ0) is 17.9. The largest absolute Gasteiger partial charge is 0.357 e. The van der Waals surface area contributed by atoms with Crippen molar-refractivity contribution in [3.63, 3.8) is 0 Å². The Bertz CT molecular complexity index is 447. The second-order valence-electron chi connectivity index (χ2n) is 7.06. The fraction of sp³-hybridized carbons (Fsp3) is 0.938. The van der Waals surface area contributed by atoms with Crippen molar-refractivity contribution in [3.8, 4) is 0 Å². The summed E-state index contributed by atoms with van der Waals surface area (Å²) < 4.78 is 25.2. The molecule has 0 aliphatic carbocycles. The number of rotatable bonds is 10. The predicted molar refractivity (Wildman–Crippen MR) is 115 cm³/mol. The van der Waals surface area contributed by atoms with Crippen LogP contribution in [0.15, 0.2) is 4.99 Å². The molecule has 0 aliphatic heterocycles. The van der Waals surface area contributed by atoms with Crippen molar-refractivity contribution in [1.29, 1.82) is 0 Å². The van der Waals surface area contributed by atoms with Gasteiger partial charge in [-0.05, 0) is 45.4 Å². The lowest BCUT2D eigenvalue weighted by Gasteiger charge is -2.23. The second kappa shape index (κ2) is 13.2. The summed E-state index contributed by atoms with van der Waals surface area (Å²) in [6.45, 7) is 14.4. The van der Waals surface area contributed by atoms with Crippen LogP contribution >= 0.6 is 24.0 Å². The maximum absolute atomic E-state index is 11.3. The van der Waals surface area contributed by atoms with Gasteiger partial charge in [0.15, 0.2) is 5.96 Å². The SMILES string of the molecule is CCNC(=NCCCNS(=O)(=O)CC)NC(C)CCC(C)(C)C.I. The third-order valence-electron chi connectivity index (χ3n) is 3.36. The zero-order valence-corrected chi connectivity index (χ0v) is 19.3. The van der Waals surface area contributed by atoms with Crippen molar-refractivity contribution < 1.29 is 8.42 Å². The van der Waals surface area contributed by atoms with Crippen LogP contribution in [-0.2, 0) is 10.0 Å². The summed E-state index contributed by atoms with van der Waals surface area (Å²) in [4.78, 5) is 4.50. The first kappa shape index (κ1) is 26.1. The fourth-order valence-corrected chi connectivity index (χ4v) is 2.53. The number of sulfonamides is 1. The molecule has 0 radical (unpaired) electrons. The summed E-state index contributed by atoms with van der Waals surface area (Å²) in [7, 11) is -3.10. The summed E-state index contributed by atoms with van der Waals surface area (Å²) >= 11 is 0. The monoisotopic (exact) mass is 476 g/mol. The van der Waals surface area contributed by atoms with Crippen LogP contribution in [0.2, 0.25) is 0 Å². The van der Waals surface area contributed by atoms with E-state index in [0.29, 0.717) is 31.0 Å². The van der Waals surface area contributed by atoms with Gasteiger partial charge < -0.3 is 10.6 Å². The van der Waals surface area contributed by atoms with Gasteiger partial charge in [-0.3, -0.25) is 4.99 Å². The molecule has 1 unspecified atom stereocenters. The van der Waals surface area contributed by atoms with Gasteiger partial charge >= 0.3 is 0 Å². The molecule has 146 valence electrons. The van der Waals surface area contributed by atoms with Gasteiger partial charge in [0, 0.05) is 25.7 Å². The molecule has 0 aromatic carbocycles. The number of halogens is 1. The molecule has 24 heavy (non-hydrogen) atoms. The number of nitrogens with one attached hydrogen (secondary N) is 3. The van der Waals surface area contributed by atoms with Gasteiger partial charge in [0.25, 0.3) is 0 Å². The van der Waals surface area contributed by atoms with Crippen molar-refractivity contribution in [2.75, 3.05) is 25.4 Å². The Labute approximate surface area is 166 Å². The summed E-state index contributed by atoms with van der Waals surface area (Å²) in [6.07, 6.45) is 2.93.